The van der Waals surface area contributed by atoms with E-state index in [-0.39, 0.29) is 5.12 Å². The fourth-order valence-electron chi connectivity index (χ4n) is 3.21. The molecule has 0 aliphatic heterocycles. The van der Waals surface area contributed by atoms with Gasteiger partial charge < -0.3 is 5.32 Å². The largest absolute Gasteiger partial charge is 0.354 e. The SMILES string of the molecule is CC[n+]1cc(SC(=O)c2ccccc2)c(Nc2ccccc2)c2ccccc21. The van der Waals surface area contributed by atoms with E-state index in [1.807, 2.05) is 72.8 Å². The second kappa shape index (κ2) is 8.28. The molecule has 0 saturated carbocycles. The number of nitrogens with one attached hydrogen (secondary N) is 1. The number of pyridine rings is 1. The van der Waals surface area contributed by atoms with Crippen LogP contribution in [0.4, 0.5) is 11.4 Å². The molecule has 3 nitrogen and oxygen atoms in total. The van der Waals surface area contributed by atoms with E-state index in [0.717, 1.165) is 33.7 Å². The zero-order valence-corrected chi connectivity index (χ0v) is 16.4. The lowest BCUT2D eigenvalue weighted by Gasteiger charge is -2.14. The fraction of sp³-hybridized carbons (Fsp3) is 0.0833. The Balaban J connectivity index is 1.83. The van der Waals surface area contributed by atoms with Gasteiger partial charge >= 0.3 is 0 Å². The average molecular weight is 386 g/mol. The molecule has 0 aliphatic carbocycles. The van der Waals surface area contributed by atoms with Crippen LogP contribution in [0, 0.1) is 0 Å². The summed E-state index contributed by atoms with van der Waals surface area (Å²) in [7, 11) is 0. The number of aryl methyl sites for hydroxylation is 1. The zero-order chi connectivity index (χ0) is 19.3. The number of para-hydroxylation sites is 2. The highest BCUT2D eigenvalue weighted by Crippen LogP contribution is 2.36. The lowest BCUT2D eigenvalue weighted by Crippen LogP contribution is -2.33. The zero-order valence-electron chi connectivity index (χ0n) is 15.6. The Labute approximate surface area is 169 Å². The van der Waals surface area contributed by atoms with Gasteiger partial charge in [-0.05, 0) is 36.9 Å². The molecule has 1 N–H and O–H groups in total. The minimum absolute atomic E-state index is 0.0367. The first-order valence-electron chi connectivity index (χ1n) is 9.30. The number of benzene rings is 3. The number of hydrogen-bond donors (Lipinski definition) is 1. The van der Waals surface area contributed by atoms with Gasteiger partial charge in [0.25, 0.3) is 0 Å². The summed E-state index contributed by atoms with van der Waals surface area (Å²) in [6.07, 6.45) is 2.07. The van der Waals surface area contributed by atoms with Gasteiger partial charge in [0.05, 0.1) is 11.1 Å². The topological polar surface area (TPSA) is 33.0 Å². The van der Waals surface area contributed by atoms with Crippen molar-refractivity contribution < 1.29 is 9.36 Å². The molecule has 4 aromatic rings. The van der Waals surface area contributed by atoms with Crippen LogP contribution in [0.15, 0.2) is 96.0 Å². The molecule has 1 heterocycles. The highest BCUT2D eigenvalue weighted by atomic mass is 32.2. The third kappa shape index (κ3) is 3.78. The highest BCUT2D eigenvalue weighted by molar-refractivity contribution is 8.14. The number of fused-ring (bicyclic) bond motifs is 1. The number of aromatic nitrogens is 1. The first kappa shape index (κ1) is 18.3. The van der Waals surface area contributed by atoms with Crippen molar-refractivity contribution in [2.75, 3.05) is 5.32 Å². The first-order chi connectivity index (χ1) is 13.8. The van der Waals surface area contributed by atoms with Crippen molar-refractivity contribution in [1.29, 1.82) is 0 Å². The summed E-state index contributed by atoms with van der Waals surface area (Å²) in [6.45, 7) is 2.95. The van der Waals surface area contributed by atoms with Crippen molar-refractivity contribution in [1.82, 2.24) is 0 Å². The van der Waals surface area contributed by atoms with Crippen LogP contribution in [0.5, 0.6) is 0 Å². The van der Waals surface area contributed by atoms with Gasteiger partial charge in [-0.25, -0.2) is 0 Å². The Bertz CT molecular complexity index is 1110. The predicted molar refractivity (Wildman–Crippen MR) is 116 cm³/mol. The molecule has 4 rings (SSSR count). The molecular formula is C24H21N2OS+. The van der Waals surface area contributed by atoms with Gasteiger partial charge in [0.15, 0.2) is 6.20 Å². The van der Waals surface area contributed by atoms with E-state index in [9.17, 15) is 4.79 Å². The summed E-state index contributed by atoms with van der Waals surface area (Å²) in [5, 5.41) is 4.67. The van der Waals surface area contributed by atoms with Crippen LogP contribution in [0.25, 0.3) is 10.9 Å². The third-order valence-electron chi connectivity index (χ3n) is 4.60. The van der Waals surface area contributed by atoms with Crippen molar-refractivity contribution in [2.45, 2.75) is 18.4 Å². The van der Waals surface area contributed by atoms with E-state index >= 15 is 0 Å². The quantitative estimate of drug-likeness (QED) is 0.347. The normalized spacial score (nSPS) is 10.8. The Hall–Kier alpha value is -3.11. The molecule has 0 amide bonds. The second-order valence-corrected chi connectivity index (χ2v) is 7.43. The Morgan fingerprint density at radius 1 is 0.893 bits per heavy atom. The number of hydrogen-bond acceptors (Lipinski definition) is 3. The maximum Gasteiger partial charge on any atom is 0.224 e. The predicted octanol–water partition coefficient (Wildman–Crippen LogP) is 5.82. The molecule has 0 unspecified atom stereocenters. The smallest absolute Gasteiger partial charge is 0.224 e. The van der Waals surface area contributed by atoms with Gasteiger partial charge in [0.1, 0.15) is 11.4 Å². The van der Waals surface area contributed by atoms with E-state index in [4.69, 9.17) is 0 Å². The van der Waals surface area contributed by atoms with E-state index in [0.29, 0.717) is 5.56 Å². The molecule has 0 bridgehead atoms. The number of anilines is 2. The number of nitrogens with zero attached hydrogens (tertiary/aromatic N) is 1. The maximum atomic E-state index is 12.9. The molecule has 1 aromatic heterocycles. The lowest BCUT2D eigenvalue weighted by molar-refractivity contribution is -0.669. The molecule has 0 spiro atoms. The number of rotatable bonds is 5. The number of thioether (sulfide) groups is 1. The Morgan fingerprint density at radius 3 is 2.25 bits per heavy atom. The van der Waals surface area contributed by atoms with Crippen LogP contribution in [0.1, 0.15) is 17.3 Å². The van der Waals surface area contributed by atoms with Crippen LogP contribution in [-0.4, -0.2) is 5.12 Å². The molecule has 0 fully saturated rings. The molecule has 0 atom stereocenters. The molecule has 0 aliphatic rings. The Kier molecular flexibility index (Phi) is 5.40. The molecule has 0 saturated heterocycles. The average Bonchev–Trinajstić information content (AvgIpc) is 2.76. The lowest BCUT2D eigenvalue weighted by atomic mass is 10.1. The monoisotopic (exact) mass is 385 g/mol. The van der Waals surface area contributed by atoms with E-state index in [1.54, 1.807) is 0 Å². The van der Waals surface area contributed by atoms with Crippen LogP contribution in [-0.2, 0) is 6.54 Å². The second-order valence-electron chi connectivity index (χ2n) is 6.42. The van der Waals surface area contributed by atoms with Gasteiger partial charge in [-0.2, -0.15) is 4.57 Å². The molecule has 138 valence electrons. The van der Waals surface area contributed by atoms with Gasteiger partial charge in [-0.15, -0.1) is 0 Å². The minimum atomic E-state index is 0.0367. The summed E-state index contributed by atoms with van der Waals surface area (Å²) in [6, 6.07) is 27.8. The van der Waals surface area contributed by atoms with Crippen molar-refractivity contribution >= 4 is 39.2 Å². The van der Waals surface area contributed by atoms with E-state index in [2.05, 4.69) is 35.1 Å². The number of carbonyl (C=O) groups excluding carboxylic acids is 1. The summed E-state index contributed by atoms with van der Waals surface area (Å²) in [5.74, 6) is 0. The van der Waals surface area contributed by atoms with Crippen molar-refractivity contribution in [3.05, 3.63) is 96.7 Å². The molecule has 3 aromatic carbocycles. The van der Waals surface area contributed by atoms with Gasteiger partial charge in [0.2, 0.25) is 10.6 Å². The summed E-state index contributed by atoms with van der Waals surface area (Å²) < 4.78 is 2.19. The molecular weight excluding hydrogens is 364 g/mol. The van der Waals surface area contributed by atoms with Crippen LogP contribution in [0.2, 0.25) is 0 Å². The number of carbonyl (C=O) groups is 1. The summed E-state index contributed by atoms with van der Waals surface area (Å²) >= 11 is 1.26. The van der Waals surface area contributed by atoms with Crippen molar-refractivity contribution in [2.24, 2.45) is 0 Å². The fourth-order valence-corrected chi connectivity index (χ4v) is 4.11. The molecule has 4 heteroatoms. The summed E-state index contributed by atoms with van der Waals surface area (Å²) in [4.78, 5) is 13.8. The van der Waals surface area contributed by atoms with Crippen LogP contribution in [0.3, 0.4) is 0 Å². The molecule has 0 radical (unpaired) electrons. The van der Waals surface area contributed by atoms with Crippen LogP contribution < -0.4 is 9.88 Å². The van der Waals surface area contributed by atoms with Gasteiger partial charge in [-0.1, -0.05) is 60.7 Å². The van der Waals surface area contributed by atoms with Crippen LogP contribution >= 0.6 is 11.8 Å². The standard InChI is InChI=1S/C24H20N2OS/c1-2-26-17-22(28-24(27)18-11-5-3-6-12-18)23(20-15-9-10-16-21(20)26)25-19-13-7-4-8-14-19/h3-17H,2H2,1H3/p+1. The third-order valence-corrected chi connectivity index (χ3v) is 5.55. The van der Waals surface area contributed by atoms with Crippen molar-refractivity contribution in [3.63, 3.8) is 0 Å². The van der Waals surface area contributed by atoms with E-state index < -0.39 is 0 Å². The first-order valence-corrected chi connectivity index (χ1v) is 10.1. The summed E-state index contributed by atoms with van der Waals surface area (Å²) in [5.41, 5.74) is 3.80. The highest BCUT2D eigenvalue weighted by Gasteiger charge is 2.20. The van der Waals surface area contributed by atoms with Crippen molar-refractivity contribution in [3.8, 4) is 0 Å². The van der Waals surface area contributed by atoms with E-state index in [1.165, 1.54) is 11.8 Å². The molecule has 28 heavy (non-hydrogen) atoms. The minimum Gasteiger partial charge on any atom is -0.354 e. The van der Waals surface area contributed by atoms with Gasteiger partial charge in [-0.3, -0.25) is 4.79 Å². The maximum absolute atomic E-state index is 12.9. The van der Waals surface area contributed by atoms with Gasteiger partial charge in [0, 0.05) is 17.3 Å². The Morgan fingerprint density at radius 2 is 1.54 bits per heavy atom.